The van der Waals surface area contributed by atoms with Crippen LogP contribution in [0.5, 0.6) is 23.0 Å². The van der Waals surface area contributed by atoms with Crippen molar-refractivity contribution in [3.63, 3.8) is 0 Å². The summed E-state index contributed by atoms with van der Waals surface area (Å²) >= 11 is 1.35. The Kier molecular flexibility index (Phi) is 5.29. The first kappa shape index (κ1) is 18.1. The van der Waals surface area contributed by atoms with E-state index in [4.69, 9.17) is 18.9 Å². The van der Waals surface area contributed by atoms with Gasteiger partial charge in [0.1, 0.15) is 11.5 Å². The van der Waals surface area contributed by atoms with Crippen molar-refractivity contribution < 1.29 is 23.7 Å². The number of amides is 1. The Morgan fingerprint density at radius 2 is 1.86 bits per heavy atom. The highest BCUT2D eigenvalue weighted by Gasteiger charge is 2.15. The molecule has 7 nitrogen and oxygen atoms in total. The molecule has 0 aliphatic carbocycles. The van der Waals surface area contributed by atoms with Crippen LogP contribution in [-0.2, 0) is 4.79 Å². The molecular weight excluding hydrogens is 380 g/mol. The first-order valence-corrected chi connectivity index (χ1v) is 9.60. The van der Waals surface area contributed by atoms with Gasteiger partial charge in [-0.1, -0.05) is 0 Å². The summed E-state index contributed by atoms with van der Waals surface area (Å²) in [5, 5.41) is 5.13. The molecule has 1 amide bonds. The maximum Gasteiger partial charge on any atom is 0.264 e. The highest BCUT2D eigenvalue weighted by Crippen LogP contribution is 2.36. The monoisotopic (exact) mass is 398 g/mol. The fourth-order valence-corrected chi connectivity index (χ4v) is 3.36. The Morgan fingerprint density at radius 1 is 1.11 bits per heavy atom. The maximum absolute atomic E-state index is 12.1. The molecule has 8 heteroatoms. The minimum absolute atomic E-state index is 0.104. The molecule has 0 saturated carbocycles. The average Bonchev–Trinajstić information content (AvgIpc) is 3.36. The third-order valence-electron chi connectivity index (χ3n) is 3.92. The number of rotatable bonds is 7. The number of nitrogens with zero attached hydrogens (tertiary/aromatic N) is 1. The lowest BCUT2D eigenvalue weighted by atomic mass is 10.1. The summed E-state index contributed by atoms with van der Waals surface area (Å²) in [7, 11) is 0. The summed E-state index contributed by atoms with van der Waals surface area (Å²) in [5.41, 5.74) is 1.65. The molecule has 2 aromatic carbocycles. The van der Waals surface area contributed by atoms with Crippen LogP contribution in [-0.4, -0.2) is 30.9 Å². The molecule has 0 spiro atoms. The lowest BCUT2D eigenvalue weighted by molar-refractivity contribution is -0.118. The van der Waals surface area contributed by atoms with Gasteiger partial charge in [-0.3, -0.25) is 10.1 Å². The summed E-state index contributed by atoms with van der Waals surface area (Å²) in [6.45, 7) is 2.65. The molecule has 1 N–H and O–H groups in total. The molecule has 28 heavy (non-hydrogen) atoms. The van der Waals surface area contributed by atoms with Gasteiger partial charge in [0.25, 0.3) is 5.91 Å². The van der Waals surface area contributed by atoms with Gasteiger partial charge in [0.15, 0.2) is 23.2 Å². The van der Waals surface area contributed by atoms with Gasteiger partial charge < -0.3 is 18.9 Å². The first-order valence-electron chi connectivity index (χ1n) is 8.72. The number of anilines is 1. The topological polar surface area (TPSA) is 78.9 Å². The van der Waals surface area contributed by atoms with Crippen molar-refractivity contribution in [3.8, 4) is 34.3 Å². The smallest absolute Gasteiger partial charge is 0.264 e. The Hall–Kier alpha value is -3.26. The average molecular weight is 398 g/mol. The summed E-state index contributed by atoms with van der Waals surface area (Å²) in [6, 6.07) is 12.8. The van der Waals surface area contributed by atoms with Crippen LogP contribution < -0.4 is 24.3 Å². The summed E-state index contributed by atoms with van der Waals surface area (Å²) in [5.74, 6) is 2.50. The van der Waals surface area contributed by atoms with Crippen LogP contribution >= 0.6 is 11.3 Å². The van der Waals surface area contributed by atoms with E-state index in [1.54, 1.807) is 24.3 Å². The van der Waals surface area contributed by atoms with E-state index < -0.39 is 0 Å². The van der Waals surface area contributed by atoms with E-state index >= 15 is 0 Å². The van der Waals surface area contributed by atoms with Crippen molar-refractivity contribution in [3.05, 3.63) is 47.8 Å². The van der Waals surface area contributed by atoms with Crippen LogP contribution in [0, 0.1) is 0 Å². The summed E-state index contributed by atoms with van der Waals surface area (Å²) in [4.78, 5) is 16.6. The van der Waals surface area contributed by atoms with Crippen molar-refractivity contribution in [2.24, 2.45) is 0 Å². The molecule has 0 saturated heterocycles. The zero-order chi connectivity index (χ0) is 19.3. The van der Waals surface area contributed by atoms with Gasteiger partial charge >= 0.3 is 0 Å². The van der Waals surface area contributed by atoms with Crippen LogP contribution in [0.1, 0.15) is 6.92 Å². The fourth-order valence-electron chi connectivity index (χ4n) is 2.62. The second kappa shape index (κ2) is 8.18. The van der Waals surface area contributed by atoms with E-state index in [2.05, 4.69) is 10.3 Å². The molecule has 4 rings (SSSR count). The van der Waals surface area contributed by atoms with E-state index in [1.807, 2.05) is 30.5 Å². The standard InChI is InChI=1S/C20H18N2O5S/c1-2-24-14-4-6-15(7-5-14)25-10-19(23)22-20-21-16(11-28-20)13-3-8-17-18(9-13)27-12-26-17/h3-9,11H,2,10,12H2,1H3,(H,21,22,23). The molecule has 1 aliphatic heterocycles. The number of ether oxygens (including phenoxy) is 4. The Morgan fingerprint density at radius 3 is 2.64 bits per heavy atom. The van der Waals surface area contributed by atoms with Gasteiger partial charge in [-0.15, -0.1) is 11.3 Å². The van der Waals surface area contributed by atoms with Gasteiger partial charge in [0.05, 0.1) is 12.3 Å². The number of nitrogens with one attached hydrogen (secondary N) is 1. The van der Waals surface area contributed by atoms with Crippen LogP contribution in [0.3, 0.4) is 0 Å². The van der Waals surface area contributed by atoms with Crippen molar-refractivity contribution in [1.29, 1.82) is 0 Å². The van der Waals surface area contributed by atoms with Crippen molar-refractivity contribution >= 4 is 22.4 Å². The Labute approximate surface area is 165 Å². The van der Waals surface area contributed by atoms with Crippen LogP contribution in [0.4, 0.5) is 5.13 Å². The van der Waals surface area contributed by atoms with Crippen LogP contribution in [0.25, 0.3) is 11.3 Å². The third kappa shape index (κ3) is 4.17. The molecule has 2 heterocycles. The molecule has 1 aromatic heterocycles. The van der Waals surface area contributed by atoms with Crippen molar-refractivity contribution in [2.75, 3.05) is 25.3 Å². The largest absolute Gasteiger partial charge is 0.494 e. The van der Waals surface area contributed by atoms with E-state index in [9.17, 15) is 4.79 Å². The molecule has 0 unspecified atom stereocenters. The maximum atomic E-state index is 12.1. The molecular formula is C20H18N2O5S. The Balaban J connectivity index is 1.32. The van der Waals surface area contributed by atoms with Gasteiger partial charge in [0.2, 0.25) is 6.79 Å². The van der Waals surface area contributed by atoms with Crippen LogP contribution in [0.15, 0.2) is 47.8 Å². The van der Waals surface area contributed by atoms with Crippen molar-refractivity contribution in [2.45, 2.75) is 6.92 Å². The summed E-state index contributed by atoms with van der Waals surface area (Å²) in [6.07, 6.45) is 0. The Bertz CT molecular complexity index is 971. The quantitative estimate of drug-likeness (QED) is 0.649. The van der Waals surface area contributed by atoms with Crippen molar-refractivity contribution in [1.82, 2.24) is 4.98 Å². The molecule has 1 aliphatic rings. The lowest BCUT2D eigenvalue weighted by Crippen LogP contribution is -2.20. The normalized spacial score (nSPS) is 11.9. The highest BCUT2D eigenvalue weighted by atomic mass is 32.1. The van der Waals surface area contributed by atoms with E-state index in [-0.39, 0.29) is 19.3 Å². The minimum atomic E-state index is -0.277. The predicted molar refractivity (Wildman–Crippen MR) is 105 cm³/mol. The van der Waals surface area contributed by atoms with E-state index in [0.717, 1.165) is 22.8 Å². The number of carbonyl (C=O) groups excluding carboxylic acids is 1. The second-order valence-electron chi connectivity index (χ2n) is 5.85. The second-order valence-corrected chi connectivity index (χ2v) is 6.71. The first-order chi connectivity index (χ1) is 13.7. The molecule has 0 atom stereocenters. The van der Waals surface area contributed by atoms with Gasteiger partial charge in [-0.2, -0.15) is 0 Å². The lowest BCUT2D eigenvalue weighted by Gasteiger charge is -2.07. The SMILES string of the molecule is CCOc1ccc(OCC(=O)Nc2nc(-c3ccc4c(c3)OCO4)cs2)cc1. The van der Waals surface area contributed by atoms with Gasteiger partial charge in [0, 0.05) is 10.9 Å². The number of fused-ring (bicyclic) bond motifs is 1. The zero-order valence-electron chi connectivity index (χ0n) is 15.1. The highest BCUT2D eigenvalue weighted by molar-refractivity contribution is 7.14. The zero-order valence-corrected chi connectivity index (χ0v) is 16.0. The predicted octanol–water partition coefficient (Wildman–Crippen LogP) is 3.96. The number of hydrogen-bond acceptors (Lipinski definition) is 7. The summed E-state index contributed by atoms with van der Waals surface area (Å²) < 4.78 is 21.6. The number of thiazole rings is 1. The van der Waals surface area contributed by atoms with Gasteiger partial charge in [-0.25, -0.2) is 4.98 Å². The molecule has 0 radical (unpaired) electrons. The number of hydrogen-bond donors (Lipinski definition) is 1. The van der Waals surface area contributed by atoms with E-state index in [0.29, 0.717) is 23.2 Å². The molecule has 144 valence electrons. The van der Waals surface area contributed by atoms with Crippen LogP contribution in [0.2, 0.25) is 0 Å². The molecule has 3 aromatic rings. The minimum Gasteiger partial charge on any atom is -0.494 e. The third-order valence-corrected chi connectivity index (χ3v) is 4.68. The van der Waals surface area contributed by atoms with Gasteiger partial charge in [-0.05, 0) is 49.4 Å². The molecule has 0 bridgehead atoms. The van der Waals surface area contributed by atoms with E-state index in [1.165, 1.54) is 11.3 Å². The number of aromatic nitrogens is 1. The number of benzene rings is 2. The molecule has 0 fully saturated rings. The number of carbonyl (C=O) groups is 1. The fraction of sp³-hybridized carbons (Fsp3) is 0.200.